The highest BCUT2D eigenvalue weighted by molar-refractivity contribution is 5.34. The molecule has 1 saturated heterocycles. The van der Waals surface area contributed by atoms with Crippen molar-refractivity contribution < 1.29 is 4.74 Å². The molecule has 0 N–H and O–H groups in total. The van der Waals surface area contributed by atoms with Crippen LogP contribution >= 0.6 is 0 Å². The number of morpholine rings is 1. The van der Waals surface area contributed by atoms with Crippen molar-refractivity contribution in [3.8, 4) is 0 Å². The van der Waals surface area contributed by atoms with E-state index in [0.717, 1.165) is 32.7 Å². The van der Waals surface area contributed by atoms with Gasteiger partial charge >= 0.3 is 0 Å². The van der Waals surface area contributed by atoms with Crippen molar-refractivity contribution in [2.45, 2.75) is 59.8 Å². The predicted octanol–water partition coefficient (Wildman–Crippen LogP) is 3.81. The molecule has 0 unspecified atom stereocenters. The van der Waals surface area contributed by atoms with E-state index in [1.54, 1.807) is 5.56 Å². The monoisotopic (exact) mass is 306 g/mol. The Hall–Kier alpha value is -0.930. The van der Waals surface area contributed by atoms with Gasteiger partial charge in [-0.2, -0.15) is 0 Å². The number of nitrogens with zero attached hydrogens (tertiary/aromatic N) is 2. The molecule has 2 aliphatic rings. The summed E-state index contributed by atoms with van der Waals surface area (Å²) in [6.07, 6.45) is 6.29. The number of hydrogen-bond donors (Lipinski definition) is 0. The van der Waals surface area contributed by atoms with Gasteiger partial charge in [0.05, 0.1) is 13.2 Å². The zero-order valence-electron chi connectivity index (χ0n) is 15.2. The van der Waals surface area contributed by atoms with Gasteiger partial charge in [0.2, 0.25) is 0 Å². The van der Waals surface area contributed by atoms with Gasteiger partial charge in [-0.3, -0.25) is 4.98 Å². The summed E-state index contributed by atoms with van der Waals surface area (Å²) in [4.78, 5) is 6.89. The number of fused-ring (bicyclic) bond motifs is 1. The highest BCUT2D eigenvalue weighted by Crippen LogP contribution is 2.23. The highest BCUT2D eigenvalue weighted by atomic mass is 16.5. The zero-order valence-corrected chi connectivity index (χ0v) is 15.2. The van der Waals surface area contributed by atoms with E-state index in [1.807, 2.05) is 13.8 Å². The number of hydrogen-bond acceptors (Lipinski definition) is 3. The van der Waals surface area contributed by atoms with E-state index in [4.69, 9.17) is 4.74 Å². The van der Waals surface area contributed by atoms with Crippen molar-refractivity contribution in [3.63, 3.8) is 0 Å². The second kappa shape index (κ2) is 10.7. The van der Waals surface area contributed by atoms with Gasteiger partial charge in [-0.15, -0.1) is 0 Å². The number of rotatable bonds is 1. The van der Waals surface area contributed by atoms with E-state index in [2.05, 4.69) is 36.8 Å². The molecule has 126 valence electrons. The van der Waals surface area contributed by atoms with E-state index < -0.39 is 0 Å². The Kier molecular flexibility index (Phi) is 9.33. The average Bonchev–Trinajstić information content (AvgIpc) is 2.57. The summed E-state index contributed by atoms with van der Waals surface area (Å²) in [5.41, 5.74) is 5.65. The quantitative estimate of drug-likeness (QED) is 0.789. The topological polar surface area (TPSA) is 25.4 Å². The smallest absolute Gasteiger partial charge is 0.0594 e. The average molecular weight is 306 g/mol. The number of aryl methyl sites for hydroxylation is 3. The van der Waals surface area contributed by atoms with Crippen LogP contribution in [0, 0.1) is 6.92 Å². The van der Waals surface area contributed by atoms with E-state index in [-0.39, 0.29) is 0 Å². The van der Waals surface area contributed by atoms with Crippen LogP contribution in [0.15, 0.2) is 6.07 Å². The Balaban J connectivity index is 0.000000228. The first-order valence-corrected chi connectivity index (χ1v) is 8.95. The van der Waals surface area contributed by atoms with Gasteiger partial charge in [0, 0.05) is 24.5 Å². The van der Waals surface area contributed by atoms with Crippen LogP contribution in [0.3, 0.4) is 0 Å². The van der Waals surface area contributed by atoms with Gasteiger partial charge in [0.1, 0.15) is 0 Å². The minimum absolute atomic E-state index is 0.913. The number of ether oxygens (including phenoxy) is 1. The summed E-state index contributed by atoms with van der Waals surface area (Å²) >= 11 is 0. The van der Waals surface area contributed by atoms with Crippen molar-refractivity contribution in [1.29, 1.82) is 0 Å². The van der Waals surface area contributed by atoms with Crippen molar-refractivity contribution >= 4 is 0 Å². The van der Waals surface area contributed by atoms with Crippen LogP contribution in [0.4, 0.5) is 0 Å². The summed E-state index contributed by atoms with van der Waals surface area (Å²) in [6, 6.07) is 2.25. The molecule has 0 saturated carbocycles. The maximum absolute atomic E-state index is 5.10. The van der Waals surface area contributed by atoms with Gasteiger partial charge in [-0.05, 0) is 63.3 Å². The minimum Gasteiger partial charge on any atom is -0.379 e. The van der Waals surface area contributed by atoms with Crippen LogP contribution in [-0.4, -0.2) is 43.2 Å². The molecule has 3 rings (SSSR count). The molecule has 1 fully saturated rings. The summed E-state index contributed by atoms with van der Waals surface area (Å²) in [6.45, 7) is 12.4. The third-order valence-electron chi connectivity index (χ3n) is 4.14. The fourth-order valence-corrected chi connectivity index (χ4v) is 2.91. The summed E-state index contributed by atoms with van der Waals surface area (Å²) in [7, 11) is 2.11. The second-order valence-corrected chi connectivity index (χ2v) is 5.82. The predicted molar refractivity (Wildman–Crippen MR) is 94.7 cm³/mol. The fraction of sp³-hybridized carbons (Fsp3) is 0.737. The second-order valence-electron chi connectivity index (χ2n) is 5.82. The van der Waals surface area contributed by atoms with E-state index >= 15 is 0 Å². The normalized spacial score (nSPS) is 17.5. The minimum atomic E-state index is 0.913. The van der Waals surface area contributed by atoms with Crippen molar-refractivity contribution in [3.05, 3.63) is 28.6 Å². The maximum atomic E-state index is 5.10. The Morgan fingerprint density at radius 3 is 2.32 bits per heavy atom. The van der Waals surface area contributed by atoms with Crippen LogP contribution < -0.4 is 0 Å². The van der Waals surface area contributed by atoms with Gasteiger partial charge in [-0.25, -0.2) is 0 Å². The number of likely N-dealkylation sites (N-methyl/N-ethyl adjacent to an activating group) is 1. The summed E-state index contributed by atoms with van der Waals surface area (Å²) in [5.74, 6) is 0. The van der Waals surface area contributed by atoms with E-state index in [0.29, 0.717) is 0 Å². The first-order chi connectivity index (χ1) is 10.7. The Bertz CT molecular complexity index is 408. The van der Waals surface area contributed by atoms with Crippen LogP contribution in [-0.2, 0) is 24.0 Å². The van der Waals surface area contributed by atoms with Gasteiger partial charge < -0.3 is 9.64 Å². The Labute approximate surface area is 137 Å². The zero-order chi connectivity index (χ0) is 16.4. The van der Waals surface area contributed by atoms with Crippen LogP contribution in [0.1, 0.15) is 56.1 Å². The lowest BCUT2D eigenvalue weighted by Gasteiger charge is -2.21. The van der Waals surface area contributed by atoms with E-state index in [9.17, 15) is 0 Å². The van der Waals surface area contributed by atoms with Gasteiger partial charge in [-0.1, -0.05) is 20.8 Å². The Morgan fingerprint density at radius 1 is 1.14 bits per heavy atom. The molecular formula is C19H34N2O. The molecular weight excluding hydrogens is 272 g/mol. The lowest BCUT2D eigenvalue weighted by atomic mass is 9.91. The van der Waals surface area contributed by atoms with Gasteiger partial charge in [0.15, 0.2) is 0 Å². The van der Waals surface area contributed by atoms with Crippen LogP contribution in [0.2, 0.25) is 0 Å². The molecule has 3 nitrogen and oxygen atoms in total. The molecule has 0 atom stereocenters. The summed E-state index contributed by atoms with van der Waals surface area (Å²) < 4.78 is 5.10. The molecule has 1 aliphatic carbocycles. The lowest BCUT2D eigenvalue weighted by molar-refractivity contribution is 0.0503. The number of aromatic nitrogens is 1. The molecule has 0 bridgehead atoms. The Morgan fingerprint density at radius 2 is 1.77 bits per heavy atom. The first kappa shape index (κ1) is 19.1. The van der Waals surface area contributed by atoms with Crippen LogP contribution in [0.25, 0.3) is 0 Å². The van der Waals surface area contributed by atoms with Crippen molar-refractivity contribution in [2.24, 2.45) is 0 Å². The third kappa shape index (κ3) is 6.05. The van der Waals surface area contributed by atoms with E-state index in [1.165, 1.54) is 42.6 Å². The fourth-order valence-electron chi connectivity index (χ4n) is 2.91. The summed E-state index contributed by atoms with van der Waals surface area (Å²) in [5, 5.41) is 0. The molecule has 0 radical (unpaired) electrons. The number of pyridine rings is 1. The molecule has 1 aromatic heterocycles. The lowest BCUT2D eigenvalue weighted by Crippen LogP contribution is -2.32. The first-order valence-electron chi connectivity index (χ1n) is 8.95. The van der Waals surface area contributed by atoms with Crippen LogP contribution in [0.5, 0.6) is 0 Å². The molecule has 3 heteroatoms. The maximum Gasteiger partial charge on any atom is 0.0594 e. The van der Waals surface area contributed by atoms with Crippen molar-refractivity contribution in [2.75, 3.05) is 33.4 Å². The molecule has 22 heavy (non-hydrogen) atoms. The standard InChI is InChI=1S/C12H17N.C5H11NO.C2H6/c1-3-10-8-9(2)13-12-7-5-4-6-11(10)12;1-6-2-4-7-5-3-6;1-2/h8H,3-7H2,1-2H3;2-5H2,1H3;1-2H3. The molecule has 2 heterocycles. The molecule has 0 amide bonds. The SMILES string of the molecule is CC.CCc1cc(C)nc2c1CCCC2.CN1CCOCC1. The molecule has 0 spiro atoms. The third-order valence-corrected chi connectivity index (χ3v) is 4.14. The van der Waals surface area contributed by atoms with Gasteiger partial charge in [0.25, 0.3) is 0 Å². The molecule has 1 aliphatic heterocycles. The highest BCUT2D eigenvalue weighted by Gasteiger charge is 2.13. The largest absolute Gasteiger partial charge is 0.379 e. The van der Waals surface area contributed by atoms with Crippen molar-refractivity contribution in [1.82, 2.24) is 9.88 Å². The molecule has 1 aromatic rings. The molecule has 0 aromatic carbocycles.